The lowest BCUT2D eigenvalue weighted by Gasteiger charge is -2.45. The van der Waals surface area contributed by atoms with Crippen LogP contribution in [0.4, 0.5) is 0 Å². The Labute approximate surface area is 460 Å². The molecule has 5 unspecified atom stereocenters. The maximum Gasteiger partial charge on any atom is 0.189 e. The van der Waals surface area contributed by atoms with Gasteiger partial charge in [-0.3, -0.25) is 0 Å². The van der Waals surface area contributed by atoms with Gasteiger partial charge in [0, 0.05) is 26.4 Å². The van der Waals surface area contributed by atoms with Gasteiger partial charge < -0.3 is 73.3 Å². The predicted molar refractivity (Wildman–Crippen MR) is 288 cm³/mol. The van der Waals surface area contributed by atoms with Crippen LogP contribution in [0.3, 0.4) is 0 Å². The first-order valence-electron chi connectivity index (χ1n) is 29.9. The van der Waals surface area contributed by atoms with E-state index in [1.54, 1.807) is 12.4 Å². The first-order valence-corrected chi connectivity index (χ1v) is 29.9. The molecule has 10 atom stereocenters. The van der Waals surface area contributed by atoms with Crippen molar-refractivity contribution in [2.45, 2.75) is 282 Å². The number of aliphatic hydroxyl groups is 6. The Bertz CT molecular complexity index is 1540. The lowest BCUT2D eigenvalue weighted by atomic mass is 9.97. The number of hydrogen-bond acceptors (Lipinski definition) is 19. The number of nitrogens with zero attached hydrogens (tertiary/aromatic N) is 6. The van der Waals surface area contributed by atoms with Crippen molar-refractivity contribution in [3.8, 4) is 0 Å². The second-order valence-electron chi connectivity index (χ2n) is 21.3. The van der Waals surface area contributed by atoms with Crippen LogP contribution in [0.2, 0.25) is 0 Å². The molecule has 6 N–H and O–H groups in total. The van der Waals surface area contributed by atoms with Gasteiger partial charge in [0.15, 0.2) is 12.6 Å². The molecule has 2 aliphatic heterocycles. The number of ether oxygens (including phenoxy) is 9. The van der Waals surface area contributed by atoms with Crippen molar-refractivity contribution in [3.63, 3.8) is 0 Å². The Morgan fingerprint density at radius 3 is 1.03 bits per heavy atom. The second-order valence-corrected chi connectivity index (χ2v) is 21.3. The summed E-state index contributed by atoms with van der Waals surface area (Å²) >= 11 is 0. The standard InChI is InChI=1S/C56H104N6O15/c1-5-9-13-17-21-25-29-69-39-45(40-70-30-26-22-18-14-10-6-2)73-37-43-33-61(59-57-43)35-47-49(63)51(65)53(67)55(75-47)77-56-54(68)52(66)50(64)48(76-56)36-62-34-44(58-60-62)38-74-46(41-71-31-27-23-19-15-11-7-3)42-72-32-28-24-20-16-12-8-4/h33-34,45-56,63-68H,5-32,35-42H2,1-4H3/t47-,48?,49?,50-,51-,52?,53?,54?,55-,56+/m1/s1. The number of hydrogen-bond donors (Lipinski definition) is 6. The monoisotopic (exact) mass is 1100 g/mol. The van der Waals surface area contributed by atoms with E-state index >= 15 is 0 Å². The second kappa shape index (κ2) is 41.6. The van der Waals surface area contributed by atoms with Crippen LogP contribution < -0.4 is 0 Å². The smallest absolute Gasteiger partial charge is 0.189 e. The van der Waals surface area contributed by atoms with Crippen molar-refractivity contribution in [2.24, 2.45) is 0 Å². The molecule has 2 aromatic heterocycles. The summed E-state index contributed by atoms with van der Waals surface area (Å²) in [5.41, 5.74) is 1.00. The summed E-state index contributed by atoms with van der Waals surface area (Å²) in [6.45, 7) is 13.0. The van der Waals surface area contributed by atoms with Crippen LogP contribution in [0, 0.1) is 0 Å². The van der Waals surface area contributed by atoms with E-state index in [1.807, 2.05) is 0 Å². The summed E-state index contributed by atoms with van der Waals surface area (Å²) in [5, 5.41) is 82.8. The number of aromatic nitrogens is 6. The van der Waals surface area contributed by atoms with Crippen LogP contribution in [0.5, 0.6) is 0 Å². The lowest BCUT2D eigenvalue weighted by Crippen LogP contribution is -2.63. The molecular weight excluding hydrogens is 997 g/mol. The Hall–Kier alpha value is -2.32. The molecule has 2 saturated heterocycles. The van der Waals surface area contributed by atoms with E-state index in [0.29, 0.717) is 64.2 Å². The highest BCUT2D eigenvalue weighted by molar-refractivity contribution is 4.96. The molecular formula is C56H104N6O15. The zero-order chi connectivity index (χ0) is 55.3. The van der Waals surface area contributed by atoms with Gasteiger partial charge in [-0.05, 0) is 25.7 Å². The Balaban J connectivity index is 1.28. The van der Waals surface area contributed by atoms with Gasteiger partial charge in [0.05, 0.1) is 65.1 Å². The predicted octanol–water partition coefficient (Wildman–Crippen LogP) is 6.48. The third kappa shape index (κ3) is 27.3. The molecule has 0 radical (unpaired) electrons. The highest BCUT2D eigenvalue weighted by atomic mass is 16.8. The van der Waals surface area contributed by atoms with Gasteiger partial charge in [-0.2, -0.15) is 0 Å². The van der Waals surface area contributed by atoms with Gasteiger partial charge in [-0.1, -0.05) is 167 Å². The van der Waals surface area contributed by atoms with E-state index in [2.05, 4.69) is 48.3 Å². The Kier molecular flexibility index (Phi) is 36.3. The first-order chi connectivity index (χ1) is 37.6. The van der Waals surface area contributed by atoms with Crippen molar-refractivity contribution < 1.29 is 73.3 Å². The maximum atomic E-state index is 11.0. The molecule has 448 valence electrons. The van der Waals surface area contributed by atoms with E-state index in [-0.39, 0.29) is 38.5 Å². The average molecular weight is 1100 g/mol. The van der Waals surface area contributed by atoms with Gasteiger partial charge in [-0.15, -0.1) is 10.2 Å². The topological polar surface area (TPSA) is 266 Å². The number of rotatable bonds is 48. The van der Waals surface area contributed by atoms with Gasteiger partial charge in [0.25, 0.3) is 0 Å². The molecule has 21 heteroatoms. The summed E-state index contributed by atoms with van der Waals surface area (Å²) in [7, 11) is 0. The fourth-order valence-electron chi connectivity index (χ4n) is 9.34. The van der Waals surface area contributed by atoms with Crippen LogP contribution in [-0.4, -0.2) is 187 Å². The van der Waals surface area contributed by atoms with Crippen molar-refractivity contribution in [1.29, 1.82) is 0 Å². The fourth-order valence-corrected chi connectivity index (χ4v) is 9.34. The van der Waals surface area contributed by atoms with Crippen LogP contribution in [0.15, 0.2) is 12.4 Å². The largest absolute Gasteiger partial charge is 0.388 e. The molecule has 2 aromatic rings. The van der Waals surface area contributed by atoms with Crippen molar-refractivity contribution in [2.75, 3.05) is 52.9 Å². The van der Waals surface area contributed by atoms with E-state index in [9.17, 15) is 30.6 Å². The first kappa shape index (κ1) is 67.2. The van der Waals surface area contributed by atoms with Gasteiger partial charge in [-0.25, -0.2) is 9.36 Å². The minimum atomic E-state index is -1.79. The molecule has 0 spiro atoms. The van der Waals surface area contributed by atoms with E-state index in [0.717, 1.165) is 51.4 Å². The molecule has 4 heterocycles. The Morgan fingerprint density at radius 1 is 0.416 bits per heavy atom. The van der Waals surface area contributed by atoms with Crippen molar-refractivity contribution in [3.05, 3.63) is 23.8 Å². The van der Waals surface area contributed by atoms with E-state index < -0.39 is 61.4 Å². The van der Waals surface area contributed by atoms with Crippen LogP contribution >= 0.6 is 0 Å². The SMILES string of the molecule is CCCCCCCCOCC(COCCCCCCCC)OCc1cn(CC2O[C@@H](O[C@H]3O[C@H](Cn4cc(COC(COCCCCCCCC)COCCCCCCCC)nn4)C(O)[C@@H](O)C3O)C(O)C(O)[C@@H]2O)nn1. The molecule has 0 aromatic carbocycles. The average Bonchev–Trinajstić information content (AvgIpc) is 4.10. The van der Waals surface area contributed by atoms with Crippen LogP contribution in [-0.2, 0) is 68.9 Å². The molecule has 77 heavy (non-hydrogen) atoms. The maximum absolute atomic E-state index is 11.0. The summed E-state index contributed by atoms with van der Waals surface area (Å²) in [6.07, 6.45) is 14.9. The lowest BCUT2D eigenvalue weighted by molar-refractivity contribution is -0.375. The molecule has 4 rings (SSSR count). The molecule has 0 bridgehead atoms. The summed E-state index contributed by atoms with van der Waals surface area (Å²) in [5.74, 6) is 0. The van der Waals surface area contributed by atoms with E-state index in [4.69, 9.17) is 42.6 Å². The number of aliphatic hydroxyl groups excluding tert-OH is 6. The third-order valence-corrected chi connectivity index (χ3v) is 14.2. The van der Waals surface area contributed by atoms with Crippen LogP contribution in [0.25, 0.3) is 0 Å². The summed E-state index contributed by atoms with van der Waals surface area (Å²) in [4.78, 5) is 0. The molecule has 0 saturated carbocycles. The van der Waals surface area contributed by atoms with Crippen molar-refractivity contribution >= 4 is 0 Å². The van der Waals surface area contributed by atoms with E-state index in [1.165, 1.54) is 112 Å². The van der Waals surface area contributed by atoms with Gasteiger partial charge in [0.2, 0.25) is 0 Å². The molecule has 2 fully saturated rings. The molecule has 0 aliphatic carbocycles. The highest BCUT2D eigenvalue weighted by Crippen LogP contribution is 2.29. The minimum absolute atomic E-state index is 0.112. The third-order valence-electron chi connectivity index (χ3n) is 14.2. The Morgan fingerprint density at radius 2 is 0.714 bits per heavy atom. The fraction of sp³-hybridized carbons (Fsp3) is 0.929. The van der Waals surface area contributed by atoms with Crippen LogP contribution in [0.1, 0.15) is 193 Å². The molecule has 0 amide bonds. The summed E-state index contributed by atoms with van der Waals surface area (Å²) < 4.78 is 57.1. The minimum Gasteiger partial charge on any atom is -0.388 e. The van der Waals surface area contributed by atoms with Gasteiger partial charge in [0.1, 0.15) is 72.4 Å². The molecule has 21 nitrogen and oxygen atoms in total. The zero-order valence-corrected chi connectivity index (χ0v) is 47.6. The molecule has 2 aliphatic rings. The number of unbranched alkanes of at least 4 members (excludes halogenated alkanes) is 20. The van der Waals surface area contributed by atoms with Gasteiger partial charge >= 0.3 is 0 Å². The summed E-state index contributed by atoms with van der Waals surface area (Å²) in [6, 6.07) is 0. The van der Waals surface area contributed by atoms with Crippen molar-refractivity contribution in [1.82, 2.24) is 30.0 Å². The zero-order valence-electron chi connectivity index (χ0n) is 47.6. The quantitative estimate of drug-likeness (QED) is 0.0387. The highest BCUT2D eigenvalue weighted by Gasteiger charge is 2.50. The normalized spacial score (nSPS) is 24.0.